The molecule has 0 spiro atoms. The van der Waals surface area contributed by atoms with Crippen LogP contribution < -0.4 is 5.73 Å². The molecule has 0 saturated carbocycles. The summed E-state index contributed by atoms with van der Waals surface area (Å²) in [6.45, 7) is 6.00. The van der Waals surface area contributed by atoms with Crippen molar-refractivity contribution in [2.75, 3.05) is 13.2 Å². The smallest absolute Gasteiger partial charge is 0.0480 e. The van der Waals surface area contributed by atoms with E-state index in [1.807, 2.05) is 24.3 Å². The van der Waals surface area contributed by atoms with Gasteiger partial charge in [0.25, 0.3) is 0 Å². The van der Waals surface area contributed by atoms with Crippen LogP contribution in [0.4, 0.5) is 0 Å². The van der Waals surface area contributed by atoms with Gasteiger partial charge >= 0.3 is 0 Å². The summed E-state index contributed by atoms with van der Waals surface area (Å²) in [7, 11) is 0. The molecule has 0 amide bonds. The van der Waals surface area contributed by atoms with Gasteiger partial charge in [-0.25, -0.2) is 0 Å². The first-order chi connectivity index (χ1) is 8.58. The quantitative estimate of drug-likeness (QED) is 0.731. The second-order valence-electron chi connectivity index (χ2n) is 5.17. The van der Waals surface area contributed by atoms with Gasteiger partial charge in [0.15, 0.2) is 0 Å². The molecule has 1 unspecified atom stereocenters. The van der Waals surface area contributed by atoms with E-state index in [0.29, 0.717) is 5.92 Å². The van der Waals surface area contributed by atoms with Crippen LogP contribution in [0.1, 0.15) is 32.3 Å². The fraction of sp³-hybridized carbons (Fsp3) is 0.600. The highest BCUT2D eigenvalue weighted by Crippen LogP contribution is 2.11. The van der Waals surface area contributed by atoms with Crippen LogP contribution in [0.5, 0.6) is 0 Å². The summed E-state index contributed by atoms with van der Waals surface area (Å²) in [5.41, 5.74) is 7.30. The molecule has 18 heavy (non-hydrogen) atoms. The largest absolute Gasteiger partial charge is 0.381 e. The number of rotatable bonds is 8. The highest BCUT2D eigenvalue weighted by Gasteiger charge is 2.04. The third-order valence-electron chi connectivity index (χ3n) is 2.88. The summed E-state index contributed by atoms with van der Waals surface area (Å²) in [5, 5.41) is 0.768. The Balaban J connectivity index is 2.13. The molecule has 0 aliphatic rings. The third kappa shape index (κ3) is 7.00. The number of halogens is 1. The second kappa shape index (κ2) is 8.52. The van der Waals surface area contributed by atoms with Crippen molar-refractivity contribution in [2.45, 2.75) is 39.2 Å². The van der Waals surface area contributed by atoms with E-state index in [1.165, 1.54) is 5.56 Å². The zero-order chi connectivity index (χ0) is 13.4. The Labute approximate surface area is 115 Å². The first-order valence-electron chi connectivity index (χ1n) is 6.65. The molecule has 0 fully saturated rings. The van der Waals surface area contributed by atoms with Crippen LogP contribution in [-0.2, 0) is 11.2 Å². The Morgan fingerprint density at radius 1 is 1.11 bits per heavy atom. The minimum Gasteiger partial charge on any atom is -0.381 e. The van der Waals surface area contributed by atoms with Gasteiger partial charge in [-0.2, -0.15) is 0 Å². The molecule has 0 aromatic heterocycles. The maximum Gasteiger partial charge on any atom is 0.0480 e. The summed E-state index contributed by atoms with van der Waals surface area (Å²) in [4.78, 5) is 0. The molecule has 0 radical (unpaired) electrons. The average molecular weight is 270 g/mol. The van der Waals surface area contributed by atoms with Crippen molar-refractivity contribution in [2.24, 2.45) is 11.7 Å². The lowest BCUT2D eigenvalue weighted by Gasteiger charge is -2.12. The lowest BCUT2D eigenvalue weighted by Crippen LogP contribution is -2.24. The first-order valence-corrected chi connectivity index (χ1v) is 7.03. The van der Waals surface area contributed by atoms with Crippen LogP contribution in [0.2, 0.25) is 5.02 Å². The molecule has 2 nitrogen and oxygen atoms in total. The van der Waals surface area contributed by atoms with E-state index < -0.39 is 0 Å². The molecular formula is C15H24ClNO. The van der Waals surface area contributed by atoms with Gasteiger partial charge in [0.1, 0.15) is 0 Å². The average Bonchev–Trinajstić information content (AvgIpc) is 2.31. The van der Waals surface area contributed by atoms with E-state index >= 15 is 0 Å². The van der Waals surface area contributed by atoms with Crippen molar-refractivity contribution in [3.05, 3.63) is 34.9 Å². The Hall–Kier alpha value is -0.570. The molecule has 3 heteroatoms. The van der Waals surface area contributed by atoms with Crippen LogP contribution in [0, 0.1) is 5.92 Å². The van der Waals surface area contributed by atoms with Crippen LogP contribution in [-0.4, -0.2) is 19.3 Å². The topological polar surface area (TPSA) is 35.2 Å². The lowest BCUT2D eigenvalue weighted by atomic mass is 10.0. The summed E-state index contributed by atoms with van der Waals surface area (Å²) >= 11 is 5.84. The molecular weight excluding hydrogens is 246 g/mol. The van der Waals surface area contributed by atoms with Crippen molar-refractivity contribution in [1.82, 2.24) is 0 Å². The van der Waals surface area contributed by atoms with E-state index in [-0.39, 0.29) is 6.04 Å². The first kappa shape index (κ1) is 15.5. The molecule has 1 aromatic carbocycles. The van der Waals surface area contributed by atoms with Gasteiger partial charge in [-0.3, -0.25) is 0 Å². The molecule has 0 bridgehead atoms. The van der Waals surface area contributed by atoms with E-state index in [2.05, 4.69) is 13.8 Å². The Morgan fingerprint density at radius 3 is 2.33 bits per heavy atom. The normalized spacial score (nSPS) is 12.9. The third-order valence-corrected chi connectivity index (χ3v) is 3.14. The number of nitrogens with two attached hydrogens (primary N) is 1. The van der Waals surface area contributed by atoms with Crippen molar-refractivity contribution in [3.8, 4) is 0 Å². The van der Waals surface area contributed by atoms with Crippen LogP contribution in [0.25, 0.3) is 0 Å². The SMILES string of the molecule is CC(C)CCOCCC(N)Cc1ccc(Cl)cc1. The summed E-state index contributed by atoms with van der Waals surface area (Å²) in [6, 6.07) is 8.03. The van der Waals surface area contributed by atoms with Gasteiger partial charge in [-0.15, -0.1) is 0 Å². The van der Waals surface area contributed by atoms with Crippen molar-refractivity contribution in [1.29, 1.82) is 0 Å². The molecule has 1 atom stereocenters. The number of hydrogen-bond acceptors (Lipinski definition) is 2. The molecule has 1 rings (SSSR count). The highest BCUT2D eigenvalue weighted by molar-refractivity contribution is 6.30. The van der Waals surface area contributed by atoms with Gasteiger partial charge in [-0.05, 0) is 42.9 Å². The molecule has 0 saturated heterocycles. The molecule has 1 aromatic rings. The standard InChI is InChI=1S/C15H24ClNO/c1-12(2)7-9-18-10-8-15(17)11-13-3-5-14(16)6-4-13/h3-6,12,15H,7-11,17H2,1-2H3. The fourth-order valence-electron chi connectivity index (χ4n) is 1.68. The van der Waals surface area contributed by atoms with Crippen LogP contribution in [0.15, 0.2) is 24.3 Å². The maximum absolute atomic E-state index is 6.07. The number of benzene rings is 1. The van der Waals surface area contributed by atoms with Crippen molar-refractivity contribution < 1.29 is 4.74 Å². The monoisotopic (exact) mass is 269 g/mol. The molecule has 2 N–H and O–H groups in total. The van der Waals surface area contributed by atoms with E-state index in [0.717, 1.165) is 37.5 Å². The summed E-state index contributed by atoms with van der Waals surface area (Å²) < 4.78 is 5.57. The van der Waals surface area contributed by atoms with Gasteiger partial charge in [0.2, 0.25) is 0 Å². The highest BCUT2D eigenvalue weighted by atomic mass is 35.5. The molecule has 102 valence electrons. The Kier molecular flexibility index (Phi) is 7.33. The number of hydrogen-bond donors (Lipinski definition) is 1. The minimum atomic E-state index is 0.158. The van der Waals surface area contributed by atoms with Crippen molar-refractivity contribution in [3.63, 3.8) is 0 Å². The minimum absolute atomic E-state index is 0.158. The molecule has 0 heterocycles. The van der Waals surface area contributed by atoms with Gasteiger partial charge < -0.3 is 10.5 Å². The Morgan fingerprint density at radius 2 is 1.72 bits per heavy atom. The summed E-state index contributed by atoms with van der Waals surface area (Å²) in [6.07, 6.45) is 2.90. The van der Waals surface area contributed by atoms with Gasteiger partial charge in [-0.1, -0.05) is 37.6 Å². The zero-order valence-electron chi connectivity index (χ0n) is 11.4. The molecule has 0 aliphatic heterocycles. The van der Waals surface area contributed by atoms with E-state index in [4.69, 9.17) is 22.1 Å². The van der Waals surface area contributed by atoms with Crippen LogP contribution >= 0.6 is 11.6 Å². The molecule has 0 aliphatic carbocycles. The fourth-order valence-corrected chi connectivity index (χ4v) is 1.81. The van der Waals surface area contributed by atoms with Gasteiger partial charge in [0, 0.05) is 24.3 Å². The Bertz CT molecular complexity index is 324. The predicted octanol–water partition coefficient (Wildman–Crippen LogP) is 3.66. The number of ether oxygens (including phenoxy) is 1. The lowest BCUT2D eigenvalue weighted by molar-refractivity contribution is 0.117. The maximum atomic E-state index is 6.07. The van der Waals surface area contributed by atoms with Gasteiger partial charge in [0.05, 0.1) is 0 Å². The second-order valence-corrected chi connectivity index (χ2v) is 5.61. The predicted molar refractivity (Wildman–Crippen MR) is 78.0 cm³/mol. The van der Waals surface area contributed by atoms with Crippen molar-refractivity contribution >= 4 is 11.6 Å². The summed E-state index contributed by atoms with van der Waals surface area (Å²) in [5.74, 6) is 0.702. The van der Waals surface area contributed by atoms with E-state index in [9.17, 15) is 0 Å². The van der Waals surface area contributed by atoms with E-state index in [1.54, 1.807) is 0 Å². The van der Waals surface area contributed by atoms with Crippen LogP contribution in [0.3, 0.4) is 0 Å². The zero-order valence-corrected chi connectivity index (χ0v) is 12.1.